The van der Waals surface area contributed by atoms with E-state index >= 15 is 0 Å². The van der Waals surface area contributed by atoms with Gasteiger partial charge in [0.05, 0.1) is 11.9 Å². The summed E-state index contributed by atoms with van der Waals surface area (Å²) >= 11 is 0. The van der Waals surface area contributed by atoms with Crippen LogP contribution in [0.15, 0.2) is 37.2 Å². The highest BCUT2D eigenvalue weighted by Crippen LogP contribution is 2.28. The third-order valence-corrected chi connectivity index (χ3v) is 7.85. The topological polar surface area (TPSA) is 166 Å². The van der Waals surface area contributed by atoms with Crippen molar-refractivity contribution in [2.24, 2.45) is 0 Å². The molecular weight excluding hydrogens is 450 g/mol. The number of rotatable bonds is 6. The highest BCUT2D eigenvalue weighted by atomic mass is 32.2. The van der Waals surface area contributed by atoms with Crippen LogP contribution in [0.25, 0.3) is 0 Å². The molecule has 3 aromatic rings. The molecule has 166 valence electrons. The number of anilines is 2. The van der Waals surface area contributed by atoms with Gasteiger partial charge in [-0.1, -0.05) is 10.3 Å². The molecule has 0 saturated heterocycles. The summed E-state index contributed by atoms with van der Waals surface area (Å²) in [6, 6.07) is 2.47. The minimum atomic E-state index is -4.36. The van der Waals surface area contributed by atoms with E-state index in [0.29, 0.717) is 4.31 Å². The van der Waals surface area contributed by atoms with Crippen LogP contribution in [0.2, 0.25) is 0 Å². The van der Waals surface area contributed by atoms with Gasteiger partial charge in [0.25, 0.3) is 20.0 Å². The van der Waals surface area contributed by atoms with Crippen LogP contribution in [0.4, 0.5) is 11.5 Å². The fraction of sp³-hybridized carbons (Fsp3) is 0.294. The van der Waals surface area contributed by atoms with Crippen LogP contribution in [0.1, 0.15) is 29.8 Å². The van der Waals surface area contributed by atoms with Crippen molar-refractivity contribution in [1.29, 1.82) is 0 Å². The van der Waals surface area contributed by atoms with E-state index in [9.17, 15) is 21.6 Å². The van der Waals surface area contributed by atoms with Gasteiger partial charge in [-0.3, -0.25) is 9.52 Å². The van der Waals surface area contributed by atoms with E-state index in [4.69, 9.17) is 9.05 Å². The van der Waals surface area contributed by atoms with E-state index in [2.05, 4.69) is 20.0 Å². The van der Waals surface area contributed by atoms with Crippen molar-refractivity contribution in [3.63, 3.8) is 0 Å². The van der Waals surface area contributed by atoms with Crippen LogP contribution in [0, 0.1) is 27.7 Å². The van der Waals surface area contributed by atoms with Crippen molar-refractivity contribution in [3.05, 3.63) is 41.2 Å². The second-order valence-electron chi connectivity index (χ2n) is 6.61. The molecule has 0 aromatic carbocycles. The maximum absolute atomic E-state index is 13.1. The first-order valence-corrected chi connectivity index (χ1v) is 11.7. The van der Waals surface area contributed by atoms with Crippen LogP contribution in [0.3, 0.4) is 0 Å². The standard InChI is InChI=1S/C17H19N5O7S2/c1-9-16(11(3)28-19-9)30(24,25)21-14-6-7-15(18-8-14)22(13(5)23)31(26,27)17-10(2)20-29-12(17)4/h6-8,21H,1-5H3. The molecule has 0 aliphatic carbocycles. The summed E-state index contributed by atoms with van der Waals surface area (Å²) in [6.07, 6.45) is 1.09. The number of nitrogens with one attached hydrogen (secondary N) is 1. The number of carbonyl (C=O) groups excluding carboxylic acids is 1. The Labute approximate surface area is 178 Å². The second kappa shape index (κ2) is 7.77. The molecule has 0 bridgehead atoms. The van der Waals surface area contributed by atoms with Crippen molar-refractivity contribution in [3.8, 4) is 0 Å². The Hall–Kier alpha value is -3.26. The normalized spacial score (nSPS) is 12.0. The summed E-state index contributed by atoms with van der Waals surface area (Å²) in [7, 11) is -8.38. The molecule has 0 unspecified atom stereocenters. The molecule has 12 nitrogen and oxygen atoms in total. The van der Waals surface area contributed by atoms with Gasteiger partial charge in [0.1, 0.15) is 17.2 Å². The fourth-order valence-electron chi connectivity index (χ4n) is 3.02. The van der Waals surface area contributed by atoms with Crippen molar-refractivity contribution in [2.75, 3.05) is 9.03 Å². The fourth-order valence-corrected chi connectivity index (χ4v) is 6.08. The minimum absolute atomic E-state index is 0.0209. The second-order valence-corrected chi connectivity index (χ2v) is 9.95. The molecule has 0 saturated carbocycles. The van der Waals surface area contributed by atoms with Gasteiger partial charge in [0, 0.05) is 6.92 Å². The maximum atomic E-state index is 13.1. The van der Waals surface area contributed by atoms with Crippen LogP contribution < -0.4 is 9.03 Å². The Morgan fingerprint density at radius 3 is 1.90 bits per heavy atom. The largest absolute Gasteiger partial charge is 0.360 e. The predicted molar refractivity (Wildman–Crippen MR) is 107 cm³/mol. The number of amides is 1. The zero-order valence-electron chi connectivity index (χ0n) is 17.2. The predicted octanol–water partition coefficient (Wildman–Crippen LogP) is 1.83. The lowest BCUT2D eigenvalue weighted by atomic mass is 10.4. The van der Waals surface area contributed by atoms with Gasteiger partial charge in [-0.25, -0.2) is 21.8 Å². The van der Waals surface area contributed by atoms with E-state index < -0.39 is 26.0 Å². The van der Waals surface area contributed by atoms with Gasteiger partial charge in [0.15, 0.2) is 21.3 Å². The van der Waals surface area contributed by atoms with Gasteiger partial charge >= 0.3 is 0 Å². The van der Waals surface area contributed by atoms with Gasteiger partial charge in [0.2, 0.25) is 5.91 Å². The number of hydrogen-bond donors (Lipinski definition) is 1. The van der Waals surface area contributed by atoms with Crippen molar-refractivity contribution in [2.45, 2.75) is 44.4 Å². The number of aryl methyl sites for hydroxylation is 4. The lowest BCUT2D eigenvalue weighted by molar-refractivity contribution is -0.115. The van der Waals surface area contributed by atoms with Gasteiger partial charge < -0.3 is 9.05 Å². The maximum Gasteiger partial charge on any atom is 0.277 e. The van der Waals surface area contributed by atoms with Gasteiger partial charge in [-0.2, -0.15) is 4.31 Å². The molecule has 0 atom stereocenters. The molecular formula is C17H19N5O7S2. The molecule has 0 aliphatic rings. The monoisotopic (exact) mass is 469 g/mol. The summed E-state index contributed by atoms with van der Waals surface area (Å²) in [6.45, 7) is 6.84. The molecule has 3 aromatic heterocycles. The van der Waals surface area contributed by atoms with Crippen LogP contribution in [-0.2, 0) is 24.8 Å². The van der Waals surface area contributed by atoms with E-state index in [1.807, 2.05) is 0 Å². The molecule has 1 amide bonds. The number of sulfonamides is 2. The van der Waals surface area contributed by atoms with E-state index in [-0.39, 0.29) is 44.2 Å². The highest BCUT2D eigenvalue weighted by molar-refractivity contribution is 7.93. The Kier molecular flexibility index (Phi) is 5.62. The van der Waals surface area contributed by atoms with Gasteiger partial charge in [-0.15, -0.1) is 0 Å². The van der Waals surface area contributed by atoms with Crippen molar-refractivity contribution < 1.29 is 30.7 Å². The molecule has 14 heteroatoms. The van der Waals surface area contributed by atoms with Gasteiger partial charge in [-0.05, 0) is 39.8 Å². The molecule has 3 heterocycles. The highest BCUT2D eigenvalue weighted by Gasteiger charge is 2.35. The summed E-state index contributed by atoms with van der Waals surface area (Å²) in [5.74, 6) is -0.917. The summed E-state index contributed by atoms with van der Waals surface area (Å²) in [5, 5.41) is 7.22. The zero-order valence-corrected chi connectivity index (χ0v) is 18.8. The van der Waals surface area contributed by atoms with E-state index in [1.54, 1.807) is 0 Å². The minimum Gasteiger partial charge on any atom is -0.360 e. The molecule has 1 N–H and O–H groups in total. The first-order valence-electron chi connectivity index (χ1n) is 8.76. The Morgan fingerprint density at radius 1 is 0.935 bits per heavy atom. The first-order chi connectivity index (χ1) is 14.4. The average Bonchev–Trinajstić information content (AvgIpc) is 3.17. The molecule has 0 fully saturated rings. The van der Waals surface area contributed by atoms with Crippen LogP contribution >= 0.6 is 0 Å². The Morgan fingerprint density at radius 2 is 1.48 bits per heavy atom. The summed E-state index contributed by atoms with van der Waals surface area (Å²) < 4.78 is 63.9. The first kappa shape index (κ1) is 22.4. The number of nitrogens with zero attached hydrogens (tertiary/aromatic N) is 4. The smallest absolute Gasteiger partial charge is 0.277 e. The third kappa shape index (κ3) is 4.03. The van der Waals surface area contributed by atoms with Crippen LogP contribution in [0.5, 0.6) is 0 Å². The average molecular weight is 470 g/mol. The number of pyridine rings is 1. The molecule has 31 heavy (non-hydrogen) atoms. The SMILES string of the molecule is CC(=O)N(c1ccc(NS(=O)(=O)c2c(C)noc2C)cn1)S(=O)(=O)c1c(C)noc1C. The molecule has 0 spiro atoms. The van der Waals surface area contributed by atoms with Crippen LogP contribution in [-0.4, -0.2) is 38.0 Å². The third-order valence-electron chi connectivity index (χ3n) is 4.20. The lowest BCUT2D eigenvalue weighted by Gasteiger charge is -2.20. The summed E-state index contributed by atoms with van der Waals surface area (Å²) in [5.41, 5.74) is 0.317. The molecule has 0 aliphatic heterocycles. The number of carbonyl (C=O) groups is 1. The quantitative estimate of drug-likeness (QED) is 0.562. The molecule has 3 rings (SSSR count). The molecule has 0 radical (unpaired) electrons. The van der Waals surface area contributed by atoms with Crippen molar-refractivity contribution in [1.82, 2.24) is 15.3 Å². The zero-order chi connectivity index (χ0) is 23.1. The Balaban J connectivity index is 1.96. The van der Waals surface area contributed by atoms with Crippen molar-refractivity contribution >= 4 is 37.5 Å². The summed E-state index contributed by atoms with van der Waals surface area (Å²) in [4.78, 5) is 15.8. The van der Waals surface area contributed by atoms with E-state index in [1.165, 1.54) is 39.8 Å². The number of hydrogen-bond acceptors (Lipinski definition) is 10. The lowest BCUT2D eigenvalue weighted by Crippen LogP contribution is -2.36. The Bertz CT molecular complexity index is 1320. The number of aromatic nitrogens is 3. The van der Waals surface area contributed by atoms with E-state index in [0.717, 1.165) is 13.1 Å².